The number of fused-ring (bicyclic) bond motifs is 2. The summed E-state index contributed by atoms with van der Waals surface area (Å²) in [5.74, 6) is -0.308. The third-order valence-electron chi connectivity index (χ3n) is 2.93. The fraction of sp³-hybridized carbons (Fsp3) is 0.625. The van der Waals surface area contributed by atoms with Crippen molar-refractivity contribution in [1.82, 2.24) is 0 Å². The number of carboxylic acid groups (broad SMARTS) is 1. The van der Waals surface area contributed by atoms with Crippen molar-refractivity contribution in [3.8, 4) is 0 Å². The Morgan fingerprint density at radius 1 is 1.82 bits per heavy atom. The van der Waals surface area contributed by atoms with Gasteiger partial charge in [0.05, 0.1) is 0 Å². The van der Waals surface area contributed by atoms with Crippen LogP contribution in [0, 0.1) is 11.3 Å². The van der Waals surface area contributed by atoms with Crippen LogP contribution in [0.2, 0.25) is 0 Å². The number of allylic oxidation sites excluding steroid dienone is 1. The van der Waals surface area contributed by atoms with Crippen LogP contribution in [0.25, 0.3) is 0 Å². The molecule has 0 aromatic heterocycles. The maximum atomic E-state index is 10.9. The Morgan fingerprint density at radius 3 is 2.82 bits per heavy atom. The number of aliphatic carboxylic acids is 1. The van der Waals surface area contributed by atoms with E-state index in [2.05, 4.69) is 0 Å². The lowest BCUT2D eigenvalue weighted by molar-refractivity contribution is -0.146. The van der Waals surface area contributed by atoms with E-state index in [0.29, 0.717) is 11.6 Å². The zero-order chi connectivity index (χ0) is 8.06. The molecule has 0 aromatic carbocycles. The maximum absolute atomic E-state index is 10.9. The molecule has 2 bridgehead atoms. The summed E-state index contributed by atoms with van der Waals surface area (Å²) < 4.78 is 0. The van der Waals surface area contributed by atoms with Crippen molar-refractivity contribution >= 4 is 5.97 Å². The van der Waals surface area contributed by atoms with Gasteiger partial charge in [0.15, 0.2) is 0 Å². The molecule has 0 heterocycles. The Balaban J connectivity index is 2.40. The third kappa shape index (κ3) is 0.654. The molecular formula is C8H11NO2. The largest absolute Gasteiger partial charge is 0.481 e. The Labute approximate surface area is 64.9 Å². The Morgan fingerprint density at radius 2 is 2.55 bits per heavy atom. The molecule has 0 radical (unpaired) electrons. The molecule has 3 heteroatoms. The van der Waals surface area contributed by atoms with Crippen LogP contribution in [0.5, 0.6) is 0 Å². The van der Waals surface area contributed by atoms with Crippen molar-refractivity contribution in [3.05, 3.63) is 11.8 Å². The highest BCUT2D eigenvalue weighted by Gasteiger charge is 2.51. The summed E-state index contributed by atoms with van der Waals surface area (Å²) in [6, 6.07) is 0. The van der Waals surface area contributed by atoms with Crippen LogP contribution < -0.4 is 5.73 Å². The molecule has 60 valence electrons. The van der Waals surface area contributed by atoms with Gasteiger partial charge in [-0.25, -0.2) is 0 Å². The molecule has 2 atom stereocenters. The second-order valence-electron chi connectivity index (χ2n) is 3.51. The topological polar surface area (TPSA) is 63.3 Å². The minimum Gasteiger partial charge on any atom is -0.481 e. The lowest BCUT2D eigenvalue weighted by Crippen LogP contribution is -2.32. The zero-order valence-corrected chi connectivity index (χ0v) is 6.21. The summed E-state index contributed by atoms with van der Waals surface area (Å²) in [4.78, 5) is 10.9. The van der Waals surface area contributed by atoms with Gasteiger partial charge in [0.25, 0.3) is 0 Å². The van der Waals surface area contributed by atoms with Crippen molar-refractivity contribution in [2.45, 2.75) is 19.3 Å². The third-order valence-corrected chi connectivity index (χ3v) is 2.93. The highest BCUT2D eigenvalue weighted by atomic mass is 16.4. The second kappa shape index (κ2) is 1.78. The molecule has 11 heavy (non-hydrogen) atoms. The quantitative estimate of drug-likeness (QED) is 0.583. The number of rotatable bonds is 1. The summed E-state index contributed by atoms with van der Waals surface area (Å²) in [5, 5.41) is 8.94. The van der Waals surface area contributed by atoms with Crippen molar-refractivity contribution in [2.24, 2.45) is 17.1 Å². The fourth-order valence-electron chi connectivity index (χ4n) is 2.22. The summed E-state index contributed by atoms with van der Waals surface area (Å²) in [6.07, 6.45) is 4.37. The average molecular weight is 153 g/mol. The minimum absolute atomic E-state index is 0.436. The fourth-order valence-corrected chi connectivity index (χ4v) is 2.22. The van der Waals surface area contributed by atoms with Gasteiger partial charge < -0.3 is 10.8 Å². The minimum atomic E-state index is -0.744. The van der Waals surface area contributed by atoms with E-state index in [0.717, 1.165) is 19.3 Å². The number of carbonyl (C=O) groups is 1. The highest BCUT2D eigenvalue weighted by molar-refractivity contribution is 5.80. The molecule has 2 rings (SSSR count). The Hall–Kier alpha value is -0.990. The smallest absolute Gasteiger partial charge is 0.315 e. The van der Waals surface area contributed by atoms with E-state index in [-0.39, 0.29) is 0 Å². The first-order valence-corrected chi connectivity index (χ1v) is 3.86. The number of carboxylic acids is 1. The Bertz CT molecular complexity index is 246. The standard InChI is InChI=1S/C8H11NO2/c9-6-3-5-1-2-8(6,4-5)7(10)11/h3,5H,1-2,4,9H2,(H,10,11). The average Bonchev–Trinajstić information content (AvgIpc) is 2.43. The van der Waals surface area contributed by atoms with Crippen molar-refractivity contribution < 1.29 is 9.90 Å². The summed E-state index contributed by atoms with van der Waals surface area (Å²) in [6.45, 7) is 0. The monoisotopic (exact) mass is 153 g/mol. The normalized spacial score (nSPS) is 40.7. The van der Waals surface area contributed by atoms with E-state index in [1.807, 2.05) is 6.08 Å². The molecule has 2 aliphatic rings. The summed E-state index contributed by atoms with van der Waals surface area (Å²) in [5.41, 5.74) is 5.54. The molecule has 2 aliphatic carbocycles. The van der Waals surface area contributed by atoms with Crippen LogP contribution in [0.15, 0.2) is 11.8 Å². The van der Waals surface area contributed by atoms with Crippen LogP contribution in [0.3, 0.4) is 0 Å². The molecule has 1 fully saturated rings. The van der Waals surface area contributed by atoms with Gasteiger partial charge in [-0.2, -0.15) is 0 Å². The van der Waals surface area contributed by atoms with E-state index in [1.165, 1.54) is 0 Å². The van der Waals surface area contributed by atoms with Gasteiger partial charge in [-0.05, 0) is 25.2 Å². The van der Waals surface area contributed by atoms with E-state index in [4.69, 9.17) is 10.8 Å². The van der Waals surface area contributed by atoms with Crippen LogP contribution in [-0.2, 0) is 4.79 Å². The van der Waals surface area contributed by atoms with Gasteiger partial charge in [0.2, 0.25) is 0 Å². The molecule has 3 nitrogen and oxygen atoms in total. The van der Waals surface area contributed by atoms with E-state index >= 15 is 0 Å². The highest BCUT2D eigenvalue weighted by Crippen LogP contribution is 2.51. The van der Waals surface area contributed by atoms with Gasteiger partial charge in [0, 0.05) is 5.70 Å². The van der Waals surface area contributed by atoms with Crippen LogP contribution in [0.4, 0.5) is 0 Å². The van der Waals surface area contributed by atoms with E-state index in [9.17, 15) is 4.79 Å². The van der Waals surface area contributed by atoms with Gasteiger partial charge in [0.1, 0.15) is 5.41 Å². The van der Waals surface area contributed by atoms with Gasteiger partial charge in [-0.3, -0.25) is 4.79 Å². The predicted molar refractivity (Wildman–Crippen MR) is 39.7 cm³/mol. The van der Waals surface area contributed by atoms with Crippen LogP contribution >= 0.6 is 0 Å². The first kappa shape index (κ1) is 6.70. The van der Waals surface area contributed by atoms with Crippen molar-refractivity contribution in [1.29, 1.82) is 0 Å². The van der Waals surface area contributed by atoms with Gasteiger partial charge >= 0.3 is 5.97 Å². The molecule has 0 spiro atoms. The molecule has 0 saturated heterocycles. The van der Waals surface area contributed by atoms with Crippen LogP contribution in [-0.4, -0.2) is 11.1 Å². The van der Waals surface area contributed by atoms with Crippen molar-refractivity contribution in [3.63, 3.8) is 0 Å². The SMILES string of the molecule is NC1=CC2CCC1(C(=O)O)C2. The van der Waals surface area contributed by atoms with Gasteiger partial charge in [-0.1, -0.05) is 6.08 Å². The predicted octanol–water partition coefficient (Wildman–Crippen LogP) is 0.714. The van der Waals surface area contributed by atoms with Crippen molar-refractivity contribution in [2.75, 3.05) is 0 Å². The second-order valence-corrected chi connectivity index (χ2v) is 3.51. The summed E-state index contributed by atoms with van der Waals surface area (Å²) in [7, 11) is 0. The molecule has 3 N–H and O–H groups in total. The molecule has 0 amide bonds. The van der Waals surface area contributed by atoms with Gasteiger partial charge in [-0.15, -0.1) is 0 Å². The first-order chi connectivity index (χ1) is 5.15. The van der Waals surface area contributed by atoms with E-state index in [1.54, 1.807) is 0 Å². The molecule has 0 aromatic rings. The number of hydrogen-bond acceptors (Lipinski definition) is 2. The number of nitrogens with two attached hydrogens (primary N) is 1. The molecule has 2 unspecified atom stereocenters. The zero-order valence-electron chi connectivity index (χ0n) is 6.21. The molecule has 0 aliphatic heterocycles. The lowest BCUT2D eigenvalue weighted by atomic mass is 9.85. The number of hydrogen-bond donors (Lipinski definition) is 2. The summed E-state index contributed by atoms with van der Waals surface area (Å²) >= 11 is 0. The molecule has 1 saturated carbocycles. The maximum Gasteiger partial charge on any atom is 0.315 e. The Kier molecular flexibility index (Phi) is 1.09. The van der Waals surface area contributed by atoms with Crippen LogP contribution in [0.1, 0.15) is 19.3 Å². The molecular weight excluding hydrogens is 142 g/mol. The first-order valence-electron chi connectivity index (χ1n) is 3.86. The van der Waals surface area contributed by atoms with E-state index < -0.39 is 11.4 Å². The lowest BCUT2D eigenvalue weighted by Gasteiger charge is -2.21.